The van der Waals surface area contributed by atoms with Crippen molar-refractivity contribution in [2.24, 2.45) is 0 Å². The van der Waals surface area contributed by atoms with E-state index in [0.717, 1.165) is 44.4 Å². The summed E-state index contributed by atoms with van der Waals surface area (Å²) < 4.78 is 95.7. The zero-order valence-electron chi connectivity index (χ0n) is 27.7. The quantitative estimate of drug-likeness (QED) is 0.0804. The van der Waals surface area contributed by atoms with Crippen molar-refractivity contribution < 1.29 is 50.3 Å². The second kappa shape index (κ2) is 14.4. The van der Waals surface area contributed by atoms with E-state index in [1.54, 1.807) is 24.7 Å². The van der Waals surface area contributed by atoms with Gasteiger partial charge in [-0.05, 0) is 79.9 Å². The lowest BCUT2D eigenvalue weighted by atomic mass is 9.86. The highest BCUT2D eigenvalue weighted by atomic mass is 19.3. The average Bonchev–Trinajstić information content (AvgIpc) is 3.66. The fourth-order valence-corrected chi connectivity index (χ4v) is 5.61. The van der Waals surface area contributed by atoms with E-state index in [1.807, 2.05) is 12.1 Å². The van der Waals surface area contributed by atoms with Crippen molar-refractivity contribution in [3.05, 3.63) is 118 Å². The normalized spacial score (nSPS) is 13.6. The van der Waals surface area contributed by atoms with Crippen LogP contribution in [-0.2, 0) is 23.5 Å². The number of alkyl halides is 4. The number of aromatic nitrogens is 6. The number of rotatable bonds is 13. The number of esters is 1. The fourth-order valence-electron chi connectivity index (χ4n) is 5.61. The van der Waals surface area contributed by atoms with Gasteiger partial charge in [0.1, 0.15) is 41.6 Å². The lowest BCUT2D eigenvalue weighted by Gasteiger charge is -2.32. The molecule has 0 aliphatic heterocycles. The van der Waals surface area contributed by atoms with Crippen LogP contribution in [0.25, 0.3) is 5.69 Å². The Balaban J connectivity index is 1.42. The molecule has 2 heterocycles. The molecule has 0 bridgehead atoms. The Bertz CT molecular complexity index is 2070. The van der Waals surface area contributed by atoms with Gasteiger partial charge in [-0.25, -0.2) is 36.2 Å². The SMILES string of the molecule is CC(=O)Oc1c(C)cc(C[n+]2cnn(C[C@](O)(c3ccc(F)cc3F)[C@@H](C)n3ncn(-c4ccc(OCC(F)(F)C(F)F)cc4)c3=O)c2)cc1C. The fraction of sp³-hybridized carbons (Fsp3) is 0.324. The second-order valence-electron chi connectivity index (χ2n) is 12.1. The molecule has 0 radical (unpaired) electrons. The van der Waals surface area contributed by atoms with Gasteiger partial charge in [0.05, 0.1) is 18.3 Å². The summed E-state index contributed by atoms with van der Waals surface area (Å²) in [5.74, 6) is -6.47. The molecule has 0 unspecified atom stereocenters. The van der Waals surface area contributed by atoms with Crippen LogP contribution < -0.4 is 19.7 Å². The largest absolute Gasteiger partial charge is 0.487 e. The van der Waals surface area contributed by atoms with Crippen molar-refractivity contribution >= 4 is 5.97 Å². The van der Waals surface area contributed by atoms with Gasteiger partial charge in [0.25, 0.3) is 6.33 Å². The Kier molecular flexibility index (Phi) is 10.4. The van der Waals surface area contributed by atoms with Gasteiger partial charge in [0, 0.05) is 23.7 Å². The first-order valence-corrected chi connectivity index (χ1v) is 15.4. The Hall–Kier alpha value is -5.45. The van der Waals surface area contributed by atoms with Gasteiger partial charge >= 0.3 is 24.0 Å². The van der Waals surface area contributed by atoms with E-state index in [9.17, 15) is 36.6 Å². The zero-order chi connectivity index (χ0) is 37.2. The predicted octanol–water partition coefficient (Wildman–Crippen LogP) is 4.81. The highest BCUT2D eigenvalue weighted by Crippen LogP contribution is 2.36. The molecule has 17 heteroatoms. The monoisotopic (exact) mass is 719 g/mol. The van der Waals surface area contributed by atoms with Crippen LogP contribution in [0.4, 0.5) is 26.3 Å². The summed E-state index contributed by atoms with van der Waals surface area (Å²) in [7, 11) is 0. The molecule has 11 nitrogen and oxygen atoms in total. The van der Waals surface area contributed by atoms with Gasteiger partial charge in [0.15, 0.2) is 6.61 Å². The molecule has 1 N–H and O–H groups in total. The number of benzene rings is 3. The van der Waals surface area contributed by atoms with Crippen LogP contribution >= 0.6 is 0 Å². The van der Waals surface area contributed by atoms with Gasteiger partial charge in [-0.1, -0.05) is 6.07 Å². The molecule has 0 spiro atoms. The number of nitrogens with zero attached hydrogens (tertiary/aromatic N) is 6. The minimum atomic E-state index is -4.36. The lowest BCUT2D eigenvalue weighted by Crippen LogP contribution is -2.44. The second-order valence-corrected chi connectivity index (χ2v) is 12.1. The number of carbonyl (C=O) groups is 1. The van der Waals surface area contributed by atoms with Crippen molar-refractivity contribution in [1.29, 1.82) is 0 Å². The van der Waals surface area contributed by atoms with Crippen molar-refractivity contribution in [1.82, 2.24) is 24.1 Å². The summed E-state index contributed by atoms with van der Waals surface area (Å²) >= 11 is 0. The average molecular weight is 720 g/mol. The third-order valence-electron chi connectivity index (χ3n) is 8.18. The van der Waals surface area contributed by atoms with E-state index in [-0.39, 0.29) is 17.0 Å². The van der Waals surface area contributed by atoms with Crippen molar-refractivity contribution in [2.45, 2.75) is 64.8 Å². The Morgan fingerprint density at radius 2 is 1.69 bits per heavy atom. The molecular weight excluding hydrogens is 686 g/mol. The predicted molar refractivity (Wildman–Crippen MR) is 168 cm³/mol. The minimum Gasteiger partial charge on any atom is -0.487 e. The summed E-state index contributed by atoms with van der Waals surface area (Å²) in [5.41, 5.74) is -0.853. The third-order valence-corrected chi connectivity index (χ3v) is 8.18. The van der Waals surface area contributed by atoms with Crippen LogP contribution in [-0.4, -0.2) is 54.2 Å². The van der Waals surface area contributed by atoms with Crippen LogP contribution in [0, 0.1) is 25.5 Å². The smallest absolute Gasteiger partial charge is 0.350 e. The summed E-state index contributed by atoms with van der Waals surface area (Å²) in [4.78, 5) is 25.1. The van der Waals surface area contributed by atoms with Crippen LogP contribution in [0.1, 0.15) is 42.1 Å². The summed E-state index contributed by atoms with van der Waals surface area (Å²) in [5, 5.41) is 20.6. The third kappa shape index (κ3) is 7.98. The molecule has 0 aliphatic rings. The van der Waals surface area contributed by atoms with Gasteiger partial charge in [-0.3, -0.25) is 4.79 Å². The van der Waals surface area contributed by atoms with Crippen LogP contribution in [0.15, 0.2) is 78.4 Å². The maximum Gasteiger partial charge on any atom is 0.350 e. The summed E-state index contributed by atoms with van der Waals surface area (Å²) in [6.45, 7) is 4.68. The van der Waals surface area contributed by atoms with Crippen molar-refractivity contribution in [3.8, 4) is 17.2 Å². The Morgan fingerprint density at radius 1 is 1.02 bits per heavy atom. The Morgan fingerprint density at radius 3 is 2.29 bits per heavy atom. The first-order chi connectivity index (χ1) is 24.0. The van der Waals surface area contributed by atoms with Crippen molar-refractivity contribution in [3.63, 3.8) is 0 Å². The van der Waals surface area contributed by atoms with E-state index >= 15 is 4.39 Å². The number of hydrogen-bond acceptors (Lipinski definition) is 7. The molecule has 5 rings (SSSR count). The van der Waals surface area contributed by atoms with Crippen LogP contribution in [0.5, 0.6) is 11.5 Å². The molecule has 5 aromatic rings. The number of carbonyl (C=O) groups excluding carboxylic acids is 1. The van der Waals surface area contributed by atoms with Crippen LogP contribution in [0.3, 0.4) is 0 Å². The maximum absolute atomic E-state index is 15.3. The van der Waals surface area contributed by atoms with E-state index in [1.165, 1.54) is 49.1 Å². The molecule has 0 aliphatic carbocycles. The maximum atomic E-state index is 15.3. The lowest BCUT2D eigenvalue weighted by molar-refractivity contribution is -0.689. The summed E-state index contributed by atoms with van der Waals surface area (Å²) in [6, 6.07) is 10.0. The van der Waals surface area contributed by atoms with Gasteiger partial charge in [-0.15, -0.1) is 4.68 Å². The van der Waals surface area contributed by atoms with Gasteiger partial charge < -0.3 is 14.6 Å². The number of aliphatic hydroxyl groups is 1. The molecule has 2 atom stereocenters. The highest BCUT2D eigenvalue weighted by molar-refractivity contribution is 5.70. The molecule has 51 heavy (non-hydrogen) atoms. The first kappa shape index (κ1) is 36.8. The standard InChI is InChI=1S/C34H33F6N6O5/c1-20-11-24(12-21(2)30(20)51-23(4)47)14-43-17-41-44(19-43)15-33(49,28-10-5-25(35)13-29(28)36)22(3)46-32(48)45(18-42-46)26-6-8-27(9-7-26)50-16-34(39,40)31(37)38/h5-13,17-19,22,31,49H,14-16H2,1-4H3/q+1/t22-,33-/m1/s1. The Labute approximate surface area is 286 Å². The molecule has 270 valence electrons. The molecule has 0 saturated carbocycles. The van der Waals surface area contributed by atoms with Crippen molar-refractivity contribution in [2.75, 3.05) is 6.61 Å². The minimum absolute atomic E-state index is 0.158. The van der Waals surface area contributed by atoms with Gasteiger partial charge in [0.2, 0.25) is 6.33 Å². The zero-order valence-corrected chi connectivity index (χ0v) is 27.7. The molecule has 0 saturated heterocycles. The van der Waals surface area contributed by atoms with E-state index in [0.29, 0.717) is 18.4 Å². The van der Waals surface area contributed by atoms with Crippen LogP contribution in [0.2, 0.25) is 0 Å². The number of ether oxygens (including phenoxy) is 2. The topological polar surface area (TPSA) is 117 Å². The van der Waals surface area contributed by atoms with E-state index in [2.05, 4.69) is 10.2 Å². The molecule has 3 aromatic carbocycles. The number of halogens is 6. The molecular formula is C34H33F6N6O5+. The van der Waals surface area contributed by atoms with E-state index < -0.39 is 60.4 Å². The van der Waals surface area contributed by atoms with E-state index in [4.69, 9.17) is 9.47 Å². The first-order valence-electron chi connectivity index (χ1n) is 15.4. The molecule has 0 fully saturated rings. The number of hydrogen-bond donors (Lipinski definition) is 1. The summed E-state index contributed by atoms with van der Waals surface area (Å²) in [6.07, 6.45) is 0.220. The van der Waals surface area contributed by atoms with Gasteiger partial charge in [-0.2, -0.15) is 13.9 Å². The highest BCUT2D eigenvalue weighted by Gasteiger charge is 2.44. The molecule has 2 aromatic heterocycles. The number of aryl methyl sites for hydroxylation is 2. The molecule has 0 amide bonds.